The molecular formula is C27H20N2O2. The highest BCUT2D eigenvalue weighted by Crippen LogP contribution is 2.33. The molecule has 1 heterocycles. The van der Waals surface area contributed by atoms with Gasteiger partial charge in [0.25, 0.3) is 0 Å². The first-order chi connectivity index (χ1) is 15.4. The van der Waals surface area contributed by atoms with Gasteiger partial charge in [0.15, 0.2) is 11.5 Å². The average Bonchev–Trinajstić information content (AvgIpc) is 3.31. The van der Waals surface area contributed by atoms with Crippen LogP contribution >= 0.6 is 0 Å². The molecular weight excluding hydrogens is 384 g/mol. The van der Waals surface area contributed by atoms with Crippen molar-refractivity contribution in [2.45, 2.75) is 0 Å². The minimum absolute atomic E-state index is 0.230. The van der Waals surface area contributed by atoms with Crippen molar-refractivity contribution in [3.8, 4) is 11.5 Å². The number of para-hydroxylation sites is 2. The summed E-state index contributed by atoms with van der Waals surface area (Å²) in [4.78, 5) is 10.0. The third-order valence-electron chi connectivity index (χ3n) is 4.91. The van der Waals surface area contributed by atoms with Gasteiger partial charge < -0.3 is 9.47 Å². The van der Waals surface area contributed by atoms with Gasteiger partial charge in [-0.2, -0.15) is 0 Å². The molecule has 0 bridgehead atoms. The summed E-state index contributed by atoms with van der Waals surface area (Å²) in [5.41, 5.74) is 5.16. The Morgan fingerprint density at radius 2 is 1.03 bits per heavy atom. The summed E-state index contributed by atoms with van der Waals surface area (Å²) in [6.07, 6.45) is 0. The number of benzene rings is 4. The van der Waals surface area contributed by atoms with Gasteiger partial charge in [-0.05, 0) is 42.5 Å². The van der Waals surface area contributed by atoms with Crippen molar-refractivity contribution in [1.82, 2.24) is 0 Å². The van der Waals surface area contributed by atoms with Crippen LogP contribution in [0.5, 0.6) is 11.5 Å². The van der Waals surface area contributed by atoms with Crippen LogP contribution in [0.25, 0.3) is 0 Å². The third-order valence-corrected chi connectivity index (χ3v) is 4.91. The monoisotopic (exact) mass is 404 g/mol. The second kappa shape index (κ2) is 8.67. The first-order valence-corrected chi connectivity index (χ1v) is 10.1. The van der Waals surface area contributed by atoms with E-state index in [0.717, 1.165) is 39.7 Å². The van der Waals surface area contributed by atoms with Crippen molar-refractivity contribution in [2.24, 2.45) is 9.98 Å². The van der Waals surface area contributed by atoms with Crippen molar-refractivity contribution in [1.29, 1.82) is 0 Å². The van der Waals surface area contributed by atoms with Crippen LogP contribution in [0.2, 0.25) is 0 Å². The molecule has 31 heavy (non-hydrogen) atoms. The molecule has 4 nitrogen and oxygen atoms in total. The van der Waals surface area contributed by atoms with Crippen LogP contribution in [0.4, 0.5) is 11.4 Å². The molecule has 0 fully saturated rings. The first kappa shape index (κ1) is 18.8. The minimum Gasteiger partial charge on any atom is -0.454 e. The van der Waals surface area contributed by atoms with Crippen LogP contribution in [0.3, 0.4) is 0 Å². The molecule has 0 unspecified atom stereocenters. The van der Waals surface area contributed by atoms with Crippen LogP contribution in [0.15, 0.2) is 119 Å². The van der Waals surface area contributed by atoms with Crippen molar-refractivity contribution in [2.75, 3.05) is 6.79 Å². The Hall–Kier alpha value is -4.18. The van der Waals surface area contributed by atoms with E-state index in [9.17, 15) is 0 Å². The maximum Gasteiger partial charge on any atom is 0.231 e. The molecule has 0 aromatic heterocycles. The van der Waals surface area contributed by atoms with Gasteiger partial charge in [0.05, 0.1) is 22.8 Å². The van der Waals surface area contributed by atoms with Crippen LogP contribution in [-0.4, -0.2) is 18.2 Å². The number of hydrogen-bond donors (Lipinski definition) is 0. The number of aliphatic imine (C=N–C) groups is 2. The van der Waals surface area contributed by atoms with Crippen LogP contribution in [-0.2, 0) is 0 Å². The van der Waals surface area contributed by atoms with E-state index in [1.807, 2.05) is 97.1 Å². The SMILES string of the molecule is c1ccc(N=C(C(=Nc2ccccc2)c2ccc3c(c2)OCO3)c2ccccc2)cc1. The highest BCUT2D eigenvalue weighted by atomic mass is 16.7. The van der Waals surface area contributed by atoms with Crippen molar-refractivity contribution >= 4 is 22.8 Å². The van der Waals surface area contributed by atoms with Gasteiger partial charge >= 0.3 is 0 Å². The number of hydrogen-bond acceptors (Lipinski definition) is 4. The fourth-order valence-corrected chi connectivity index (χ4v) is 3.41. The molecule has 0 saturated carbocycles. The molecule has 0 atom stereocenters. The van der Waals surface area contributed by atoms with Crippen LogP contribution in [0, 0.1) is 0 Å². The zero-order valence-electron chi connectivity index (χ0n) is 16.8. The fourth-order valence-electron chi connectivity index (χ4n) is 3.41. The molecule has 150 valence electrons. The van der Waals surface area contributed by atoms with Gasteiger partial charge in [-0.15, -0.1) is 0 Å². The molecule has 0 spiro atoms. The number of ether oxygens (including phenoxy) is 2. The maximum atomic E-state index is 5.63. The summed E-state index contributed by atoms with van der Waals surface area (Å²) in [5.74, 6) is 1.45. The second-order valence-electron chi connectivity index (χ2n) is 7.03. The van der Waals surface area contributed by atoms with E-state index in [0.29, 0.717) is 5.75 Å². The highest BCUT2D eigenvalue weighted by molar-refractivity contribution is 6.54. The van der Waals surface area contributed by atoms with Gasteiger partial charge in [-0.1, -0.05) is 66.7 Å². The quantitative estimate of drug-likeness (QED) is 0.363. The summed E-state index contributed by atoms with van der Waals surface area (Å²) in [5, 5.41) is 0. The predicted molar refractivity (Wildman–Crippen MR) is 124 cm³/mol. The molecule has 0 radical (unpaired) electrons. The second-order valence-corrected chi connectivity index (χ2v) is 7.03. The van der Waals surface area contributed by atoms with Gasteiger partial charge in [0.1, 0.15) is 0 Å². The Bertz CT molecular complexity index is 1230. The van der Waals surface area contributed by atoms with E-state index in [1.54, 1.807) is 0 Å². The van der Waals surface area contributed by atoms with Crippen LogP contribution in [0.1, 0.15) is 11.1 Å². The number of rotatable bonds is 5. The Kier molecular flexibility index (Phi) is 5.27. The van der Waals surface area contributed by atoms with Gasteiger partial charge in [0.2, 0.25) is 6.79 Å². The van der Waals surface area contributed by atoms with Crippen molar-refractivity contribution < 1.29 is 9.47 Å². The highest BCUT2D eigenvalue weighted by Gasteiger charge is 2.20. The topological polar surface area (TPSA) is 43.2 Å². The molecule has 4 aromatic rings. The summed E-state index contributed by atoms with van der Waals surface area (Å²) in [7, 11) is 0. The van der Waals surface area contributed by atoms with Gasteiger partial charge in [0, 0.05) is 11.1 Å². The molecule has 0 amide bonds. The Labute approximate surface area is 181 Å². The first-order valence-electron chi connectivity index (χ1n) is 10.1. The van der Waals surface area contributed by atoms with E-state index in [-0.39, 0.29) is 6.79 Å². The lowest BCUT2D eigenvalue weighted by molar-refractivity contribution is 0.174. The zero-order valence-corrected chi connectivity index (χ0v) is 16.8. The molecule has 0 aliphatic carbocycles. The maximum absolute atomic E-state index is 5.63. The summed E-state index contributed by atoms with van der Waals surface area (Å²) in [6.45, 7) is 0.230. The Morgan fingerprint density at radius 1 is 0.516 bits per heavy atom. The normalized spacial score (nSPS) is 13.3. The third kappa shape index (κ3) is 4.23. The lowest BCUT2D eigenvalue weighted by Crippen LogP contribution is -2.17. The van der Waals surface area contributed by atoms with E-state index in [4.69, 9.17) is 19.5 Å². The largest absolute Gasteiger partial charge is 0.454 e. The van der Waals surface area contributed by atoms with Crippen molar-refractivity contribution in [3.05, 3.63) is 120 Å². The predicted octanol–water partition coefficient (Wildman–Crippen LogP) is 6.36. The summed E-state index contributed by atoms with van der Waals surface area (Å²) < 4.78 is 11.1. The average molecular weight is 404 g/mol. The van der Waals surface area contributed by atoms with Gasteiger partial charge in [-0.25, -0.2) is 9.98 Å². The van der Waals surface area contributed by atoms with Gasteiger partial charge in [-0.3, -0.25) is 0 Å². The van der Waals surface area contributed by atoms with E-state index < -0.39 is 0 Å². The molecule has 0 saturated heterocycles. The summed E-state index contributed by atoms with van der Waals surface area (Å²) >= 11 is 0. The molecule has 4 aromatic carbocycles. The van der Waals surface area contributed by atoms with Crippen LogP contribution < -0.4 is 9.47 Å². The van der Waals surface area contributed by atoms with E-state index in [1.165, 1.54) is 0 Å². The standard InChI is InChI=1S/C27H20N2O2/c1-4-10-20(11-5-1)26(28-22-12-6-2-7-13-22)27(29-23-14-8-3-9-15-23)21-16-17-24-25(18-21)31-19-30-24/h1-18H,19H2. The molecule has 5 rings (SSSR count). The van der Waals surface area contributed by atoms with Crippen molar-refractivity contribution in [3.63, 3.8) is 0 Å². The number of fused-ring (bicyclic) bond motifs is 1. The lowest BCUT2D eigenvalue weighted by atomic mass is 9.98. The molecule has 4 heteroatoms. The lowest BCUT2D eigenvalue weighted by Gasteiger charge is -2.13. The Balaban J connectivity index is 1.73. The molecule has 0 N–H and O–H groups in total. The fraction of sp³-hybridized carbons (Fsp3) is 0.0370. The summed E-state index contributed by atoms with van der Waals surface area (Å²) in [6, 6.07) is 35.8. The zero-order chi connectivity index (χ0) is 20.9. The van der Waals surface area contributed by atoms with E-state index >= 15 is 0 Å². The molecule has 1 aliphatic rings. The molecule has 1 aliphatic heterocycles. The number of nitrogens with zero attached hydrogens (tertiary/aromatic N) is 2. The Morgan fingerprint density at radius 3 is 1.65 bits per heavy atom. The minimum atomic E-state index is 0.230. The van der Waals surface area contributed by atoms with E-state index in [2.05, 4.69) is 12.1 Å². The smallest absolute Gasteiger partial charge is 0.231 e.